The molecule has 2 amide bonds. The van der Waals surface area contributed by atoms with Crippen molar-refractivity contribution in [1.82, 2.24) is 15.5 Å². The summed E-state index contributed by atoms with van der Waals surface area (Å²) in [6.45, 7) is 4.51. The van der Waals surface area contributed by atoms with E-state index >= 15 is 0 Å². The van der Waals surface area contributed by atoms with Crippen molar-refractivity contribution in [3.63, 3.8) is 0 Å². The summed E-state index contributed by atoms with van der Waals surface area (Å²) < 4.78 is 0. The zero-order valence-electron chi connectivity index (χ0n) is 10.4. The monoisotopic (exact) mass is 233 g/mol. The van der Waals surface area contributed by atoms with E-state index in [9.17, 15) is 4.79 Å². The van der Waals surface area contributed by atoms with Gasteiger partial charge in [0.05, 0.1) is 6.04 Å². The van der Waals surface area contributed by atoms with Gasteiger partial charge in [0, 0.05) is 26.7 Å². The second-order valence-corrected chi connectivity index (χ2v) is 4.33. The van der Waals surface area contributed by atoms with Gasteiger partial charge in [0.1, 0.15) is 0 Å². The van der Waals surface area contributed by atoms with Crippen LogP contribution in [0.15, 0.2) is 24.3 Å². The van der Waals surface area contributed by atoms with E-state index in [0.29, 0.717) is 0 Å². The summed E-state index contributed by atoms with van der Waals surface area (Å²) in [6, 6.07) is 8.37. The molecule has 0 aliphatic carbocycles. The van der Waals surface area contributed by atoms with Gasteiger partial charge in [-0.15, -0.1) is 0 Å². The molecule has 2 N–H and O–H groups in total. The predicted molar refractivity (Wildman–Crippen MR) is 68.0 cm³/mol. The van der Waals surface area contributed by atoms with E-state index in [-0.39, 0.29) is 12.1 Å². The normalized spacial score (nSPS) is 20.1. The Labute approximate surface area is 102 Å². The number of amides is 2. The first-order valence-corrected chi connectivity index (χ1v) is 5.98. The summed E-state index contributed by atoms with van der Waals surface area (Å²) in [4.78, 5) is 13.8. The topological polar surface area (TPSA) is 44.4 Å². The van der Waals surface area contributed by atoms with Crippen LogP contribution in [0.1, 0.15) is 17.2 Å². The van der Waals surface area contributed by atoms with Gasteiger partial charge in [-0.3, -0.25) is 0 Å². The summed E-state index contributed by atoms with van der Waals surface area (Å²) in [5, 5.41) is 6.06. The third-order valence-corrected chi connectivity index (χ3v) is 3.27. The number of urea groups is 1. The number of hydrogen-bond acceptors (Lipinski definition) is 2. The smallest absolute Gasteiger partial charge is 0.317 e. The lowest BCUT2D eigenvalue weighted by atomic mass is 9.99. The number of carbonyl (C=O) groups excluding carboxylic acids is 1. The summed E-state index contributed by atoms with van der Waals surface area (Å²) in [7, 11) is 1.68. The van der Waals surface area contributed by atoms with Gasteiger partial charge >= 0.3 is 6.03 Å². The van der Waals surface area contributed by atoms with Crippen LogP contribution >= 0.6 is 0 Å². The van der Waals surface area contributed by atoms with Crippen LogP contribution in [0, 0.1) is 6.92 Å². The molecule has 0 spiro atoms. The van der Waals surface area contributed by atoms with Gasteiger partial charge in [-0.2, -0.15) is 0 Å². The molecule has 1 saturated heterocycles. The van der Waals surface area contributed by atoms with Crippen molar-refractivity contribution in [2.24, 2.45) is 0 Å². The summed E-state index contributed by atoms with van der Waals surface area (Å²) in [5.41, 5.74) is 2.46. The van der Waals surface area contributed by atoms with Crippen molar-refractivity contribution >= 4 is 6.03 Å². The Morgan fingerprint density at radius 1 is 1.47 bits per heavy atom. The molecule has 0 saturated carbocycles. The van der Waals surface area contributed by atoms with Crippen molar-refractivity contribution in [3.8, 4) is 0 Å². The molecule has 1 fully saturated rings. The molecule has 1 aliphatic heterocycles. The molecule has 1 atom stereocenters. The average molecular weight is 233 g/mol. The molecule has 92 valence electrons. The molecule has 2 rings (SSSR count). The fourth-order valence-corrected chi connectivity index (χ4v) is 2.33. The Morgan fingerprint density at radius 2 is 2.24 bits per heavy atom. The van der Waals surface area contributed by atoms with E-state index in [1.165, 1.54) is 11.1 Å². The minimum atomic E-state index is -0.000229. The van der Waals surface area contributed by atoms with Gasteiger partial charge < -0.3 is 15.5 Å². The second-order valence-electron chi connectivity index (χ2n) is 4.33. The predicted octanol–water partition coefficient (Wildman–Crippen LogP) is 1.28. The highest BCUT2D eigenvalue weighted by Gasteiger charge is 2.27. The molecule has 1 aliphatic rings. The molecule has 4 nitrogen and oxygen atoms in total. The van der Waals surface area contributed by atoms with Gasteiger partial charge in [-0.1, -0.05) is 24.3 Å². The highest BCUT2D eigenvalue weighted by Crippen LogP contribution is 2.24. The molecule has 1 aromatic rings. The first-order valence-electron chi connectivity index (χ1n) is 5.98. The number of nitrogens with zero attached hydrogens (tertiary/aromatic N) is 1. The molecule has 1 heterocycles. The minimum Gasteiger partial charge on any atom is -0.341 e. The highest BCUT2D eigenvalue weighted by atomic mass is 16.2. The SMILES string of the molecule is CNC(=O)N1CCNCC1c1ccccc1C. The Morgan fingerprint density at radius 3 is 2.94 bits per heavy atom. The second kappa shape index (κ2) is 5.19. The van der Waals surface area contributed by atoms with Crippen LogP contribution < -0.4 is 10.6 Å². The highest BCUT2D eigenvalue weighted by molar-refractivity contribution is 5.74. The molecule has 17 heavy (non-hydrogen) atoms. The van der Waals surface area contributed by atoms with Crippen molar-refractivity contribution in [3.05, 3.63) is 35.4 Å². The number of nitrogens with one attached hydrogen (secondary N) is 2. The molecular weight excluding hydrogens is 214 g/mol. The zero-order chi connectivity index (χ0) is 12.3. The van der Waals surface area contributed by atoms with E-state index in [1.54, 1.807) is 7.05 Å². The van der Waals surface area contributed by atoms with E-state index in [1.807, 2.05) is 17.0 Å². The first-order chi connectivity index (χ1) is 8.24. The van der Waals surface area contributed by atoms with Gasteiger partial charge in [0.2, 0.25) is 0 Å². The molecule has 0 bridgehead atoms. The van der Waals surface area contributed by atoms with E-state index in [2.05, 4.69) is 29.7 Å². The van der Waals surface area contributed by atoms with Crippen LogP contribution in [0.3, 0.4) is 0 Å². The maximum absolute atomic E-state index is 11.8. The first kappa shape index (κ1) is 11.9. The van der Waals surface area contributed by atoms with Crippen molar-refractivity contribution < 1.29 is 4.79 Å². The summed E-state index contributed by atoms with van der Waals surface area (Å²) in [6.07, 6.45) is 0. The lowest BCUT2D eigenvalue weighted by Gasteiger charge is -2.36. The van der Waals surface area contributed by atoms with Crippen LogP contribution in [0.5, 0.6) is 0 Å². The van der Waals surface area contributed by atoms with E-state index < -0.39 is 0 Å². The van der Waals surface area contributed by atoms with Gasteiger partial charge in [0.15, 0.2) is 0 Å². The van der Waals surface area contributed by atoms with Crippen LogP contribution in [0.4, 0.5) is 4.79 Å². The fourth-order valence-electron chi connectivity index (χ4n) is 2.33. The number of rotatable bonds is 1. The Bertz CT molecular complexity index is 405. The van der Waals surface area contributed by atoms with Crippen LogP contribution in [0.2, 0.25) is 0 Å². The molecule has 4 heteroatoms. The third-order valence-electron chi connectivity index (χ3n) is 3.27. The maximum Gasteiger partial charge on any atom is 0.317 e. The number of carbonyl (C=O) groups is 1. The molecule has 1 aromatic carbocycles. The summed E-state index contributed by atoms with van der Waals surface area (Å²) >= 11 is 0. The number of benzene rings is 1. The number of hydrogen-bond donors (Lipinski definition) is 2. The fraction of sp³-hybridized carbons (Fsp3) is 0.462. The molecule has 0 radical (unpaired) electrons. The molecular formula is C13H19N3O. The lowest BCUT2D eigenvalue weighted by molar-refractivity contribution is 0.160. The number of aryl methyl sites for hydroxylation is 1. The van der Waals surface area contributed by atoms with Crippen LogP contribution in [0.25, 0.3) is 0 Å². The van der Waals surface area contributed by atoms with E-state index in [4.69, 9.17) is 0 Å². The Kier molecular flexibility index (Phi) is 3.64. The van der Waals surface area contributed by atoms with Crippen molar-refractivity contribution in [1.29, 1.82) is 0 Å². The number of piperazine rings is 1. The average Bonchev–Trinajstić information content (AvgIpc) is 2.38. The van der Waals surface area contributed by atoms with Gasteiger partial charge in [-0.05, 0) is 18.1 Å². The third kappa shape index (κ3) is 2.42. The van der Waals surface area contributed by atoms with Crippen LogP contribution in [-0.2, 0) is 0 Å². The van der Waals surface area contributed by atoms with Gasteiger partial charge in [-0.25, -0.2) is 4.79 Å². The van der Waals surface area contributed by atoms with Crippen molar-refractivity contribution in [2.45, 2.75) is 13.0 Å². The standard InChI is InChI=1S/C13H19N3O/c1-10-5-3-4-6-11(10)12-9-15-7-8-16(12)13(17)14-2/h3-6,12,15H,7-9H2,1-2H3,(H,14,17). The quantitative estimate of drug-likeness (QED) is 0.767. The lowest BCUT2D eigenvalue weighted by Crippen LogP contribution is -2.51. The Hall–Kier alpha value is -1.55. The zero-order valence-corrected chi connectivity index (χ0v) is 10.4. The van der Waals surface area contributed by atoms with E-state index in [0.717, 1.165) is 19.6 Å². The van der Waals surface area contributed by atoms with Crippen molar-refractivity contribution in [2.75, 3.05) is 26.7 Å². The largest absolute Gasteiger partial charge is 0.341 e. The summed E-state index contributed by atoms with van der Waals surface area (Å²) in [5.74, 6) is 0. The molecule has 0 aromatic heterocycles. The molecule has 1 unspecified atom stereocenters. The maximum atomic E-state index is 11.8. The van der Waals surface area contributed by atoms with Crippen LogP contribution in [-0.4, -0.2) is 37.6 Å². The Balaban J connectivity index is 2.28. The van der Waals surface area contributed by atoms with Gasteiger partial charge in [0.25, 0.3) is 0 Å². The minimum absolute atomic E-state index is 0.000229.